The molecule has 0 aliphatic carbocycles. The summed E-state index contributed by atoms with van der Waals surface area (Å²) in [6.45, 7) is 13.7. The SMILES string of the molecule is CC(C)(C)[SiH3].[CH3][GeH2][C](C)(C)C. The van der Waals surface area contributed by atoms with Crippen molar-refractivity contribution in [3.63, 3.8) is 0 Å². The molecule has 0 rings (SSSR count). The zero-order valence-corrected chi connectivity index (χ0v) is 14.7. The Balaban J connectivity index is 0. The average Bonchev–Trinajstić information content (AvgIpc) is 1.59. The normalized spacial score (nSPS) is 13.4. The third-order valence-corrected chi connectivity index (χ3v) is 5.51. The molecule has 0 bridgehead atoms. The minimum atomic E-state index is -0.104. The molecule has 0 saturated heterocycles. The van der Waals surface area contributed by atoms with Crippen molar-refractivity contribution in [1.29, 1.82) is 0 Å². The molecule has 0 atom stereocenters. The van der Waals surface area contributed by atoms with Crippen molar-refractivity contribution < 1.29 is 0 Å². The Hall–Kier alpha value is 0.760. The van der Waals surface area contributed by atoms with Crippen molar-refractivity contribution in [3.8, 4) is 0 Å². The van der Waals surface area contributed by atoms with Crippen LogP contribution in [0.25, 0.3) is 0 Å². The van der Waals surface area contributed by atoms with Crippen LogP contribution in [-0.4, -0.2) is 25.7 Å². The van der Waals surface area contributed by atoms with Crippen LogP contribution in [0.15, 0.2) is 0 Å². The Kier molecular flexibility index (Phi) is 7.03. The van der Waals surface area contributed by atoms with E-state index in [4.69, 9.17) is 0 Å². The van der Waals surface area contributed by atoms with Gasteiger partial charge in [-0.15, -0.1) is 0 Å². The Morgan fingerprint density at radius 1 is 0.909 bits per heavy atom. The predicted octanol–water partition coefficient (Wildman–Crippen LogP) is 1.99. The van der Waals surface area contributed by atoms with E-state index in [0.717, 1.165) is 4.25 Å². The monoisotopic (exact) mass is 236 g/mol. The van der Waals surface area contributed by atoms with E-state index in [1.54, 1.807) is 0 Å². The molecule has 0 radical (unpaired) electrons. The molecule has 0 fully saturated rings. The molecule has 0 nitrogen and oxygen atoms in total. The molecule has 0 amide bonds. The minimum absolute atomic E-state index is 0.104. The summed E-state index contributed by atoms with van der Waals surface area (Å²) in [5, 5.41) is 0.639. The van der Waals surface area contributed by atoms with E-state index in [2.05, 4.69) is 47.3 Å². The Labute approximate surface area is 82.4 Å². The molecule has 0 spiro atoms. The standard InChI is InChI=1S/C5H14Ge.C4H12Si/c1-5(2,3)6-4;1-4(2,3)5/h6H2,1-4H3;1-3,5H3. The first-order valence-corrected chi connectivity index (χ1v) is 10.0. The maximum atomic E-state index is 2.40. The first kappa shape index (κ1) is 14.3. The van der Waals surface area contributed by atoms with E-state index in [-0.39, 0.29) is 15.4 Å². The Morgan fingerprint density at radius 3 is 1.00 bits per heavy atom. The first-order chi connectivity index (χ1) is 4.56. The van der Waals surface area contributed by atoms with Gasteiger partial charge in [-0.3, -0.25) is 0 Å². The molecule has 0 unspecified atom stereocenters. The quantitative estimate of drug-likeness (QED) is 0.563. The van der Waals surface area contributed by atoms with Crippen LogP contribution in [0.3, 0.4) is 0 Å². The Bertz CT molecular complexity index is 80.7. The number of hydrogen-bond acceptors (Lipinski definition) is 0. The number of rotatable bonds is 0. The van der Waals surface area contributed by atoms with Crippen molar-refractivity contribution in [2.24, 2.45) is 0 Å². The van der Waals surface area contributed by atoms with Gasteiger partial charge >= 0.3 is 46.2 Å². The van der Waals surface area contributed by atoms with Gasteiger partial charge in [0.05, 0.1) is 0 Å². The summed E-state index contributed by atoms with van der Waals surface area (Å²) in [4.78, 5) is 0. The van der Waals surface area contributed by atoms with Crippen LogP contribution in [0.4, 0.5) is 0 Å². The van der Waals surface area contributed by atoms with Crippen molar-refractivity contribution in [3.05, 3.63) is 0 Å². The van der Waals surface area contributed by atoms with Crippen molar-refractivity contribution in [2.75, 3.05) is 0 Å². The van der Waals surface area contributed by atoms with Gasteiger partial charge in [-0.25, -0.2) is 0 Å². The molecular weight excluding hydrogens is 209 g/mol. The molecule has 70 valence electrons. The fraction of sp³-hybridized carbons (Fsp3) is 1.00. The van der Waals surface area contributed by atoms with Gasteiger partial charge in [0.2, 0.25) is 0 Å². The molecule has 0 saturated carbocycles. The van der Waals surface area contributed by atoms with Gasteiger partial charge in [0.25, 0.3) is 0 Å². The summed E-state index contributed by atoms with van der Waals surface area (Å²) in [6, 6.07) is 0. The molecule has 0 aromatic rings. The Morgan fingerprint density at radius 2 is 1.00 bits per heavy atom. The first-order valence-electron chi connectivity index (χ1n) is 4.56. The molecular formula is C9H26GeSi. The zero-order chi connectivity index (χ0) is 9.71. The molecule has 0 aromatic heterocycles. The van der Waals surface area contributed by atoms with Crippen molar-refractivity contribution >= 4 is 25.7 Å². The summed E-state index contributed by atoms with van der Waals surface area (Å²) in [5.41, 5.74) is 0. The van der Waals surface area contributed by atoms with Gasteiger partial charge < -0.3 is 0 Å². The fourth-order valence-electron chi connectivity index (χ4n) is 0. The summed E-state index contributed by atoms with van der Waals surface area (Å²) >= 11 is -0.104. The topological polar surface area (TPSA) is 0 Å². The van der Waals surface area contributed by atoms with Crippen molar-refractivity contribution in [1.82, 2.24) is 0 Å². The van der Waals surface area contributed by atoms with E-state index in [1.807, 2.05) is 0 Å². The van der Waals surface area contributed by atoms with Gasteiger partial charge in [-0.1, -0.05) is 25.8 Å². The van der Waals surface area contributed by atoms with E-state index in [0.29, 0.717) is 5.04 Å². The molecule has 0 aromatic carbocycles. The summed E-state index contributed by atoms with van der Waals surface area (Å²) < 4.78 is 0.729. The molecule has 0 aliphatic heterocycles. The molecule has 0 aliphatic rings. The van der Waals surface area contributed by atoms with Crippen LogP contribution in [0.5, 0.6) is 0 Å². The van der Waals surface area contributed by atoms with E-state index >= 15 is 0 Å². The third kappa shape index (κ3) is 58.4. The van der Waals surface area contributed by atoms with Gasteiger partial charge in [0.1, 0.15) is 0 Å². The molecule has 0 heterocycles. The van der Waals surface area contributed by atoms with E-state index in [1.165, 1.54) is 10.2 Å². The summed E-state index contributed by atoms with van der Waals surface area (Å²) in [6.07, 6.45) is 0. The van der Waals surface area contributed by atoms with Gasteiger partial charge in [-0.2, -0.15) is 0 Å². The van der Waals surface area contributed by atoms with Gasteiger partial charge in [0.15, 0.2) is 0 Å². The molecule has 2 heteroatoms. The van der Waals surface area contributed by atoms with Crippen LogP contribution >= 0.6 is 0 Å². The van der Waals surface area contributed by atoms with Gasteiger partial charge in [-0.05, 0) is 0 Å². The maximum absolute atomic E-state index is 2.40. The second-order valence-electron chi connectivity index (χ2n) is 5.91. The third-order valence-electron chi connectivity index (χ3n) is 1.06. The predicted molar refractivity (Wildman–Crippen MR) is 63.8 cm³/mol. The van der Waals surface area contributed by atoms with Crippen molar-refractivity contribution in [2.45, 2.75) is 56.6 Å². The van der Waals surface area contributed by atoms with E-state index in [9.17, 15) is 0 Å². The van der Waals surface area contributed by atoms with Crippen LogP contribution < -0.4 is 0 Å². The molecule has 0 N–H and O–H groups in total. The number of hydrogen-bond donors (Lipinski definition) is 0. The summed E-state index contributed by atoms with van der Waals surface area (Å²) in [7, 11) is 1.31. The summed E-state index contributed by atoms with van der Waals surface area (Å²) in [5.74, 6) is 2.40. The average molecular weight is 235 g/mol. The van der Waals surface area contributed by atoms with Crippen LogP contribution in [0.2, 0.25) is 15.0 Å². The van der Waals surface area contributed by atoms with Gasteiger partial charge in [0, 0.05) is 10.2 Å². The van der Waals surface area contributed by atoms with E-state index < -0.39 is 0 Å². The van der Waals surface area contributed by atoms with Crippen LogP contribution in [0, 0.1) is 0 Å². The van der Waals surface area contributed by atoms with Crippen LogP contribution in [-0.2, 0) is 0 Å². The second kappa shape index (κ2) is 5.41. The van der Waals surface area contributed by atoms with Crippen LogP contribution in [0.1, 0.15) is 41.5 Å². The molecule has 11 heavy (non-hydrogen) atoms. The second-order valence-corrected chi connectivity index (χ2v) is 14.8. The fourth-order valence-corrected chi connectivity index (χ4v) is 0. The zero-order valence-electron chi connectivity index (χ0n) is 9.71.